The Morgan fingerprint density at radius 2 is 2.14 bits per heavy atom. The maximum Gasteiger partial charge on any atom is 0.235 e. The van der Waals surface area contributed by atoms with E-state index >= 15 is 0 Å². The van der Waals surface area contributed by atoms with Crippen molar-refractivity contribution in [3.63, 3.8) is 0 Å². The number of nitrogens with two attached hydrogens (primary N) is 1. The predicted molar refractivity (Wildman–Crippen MR) is 74.5 cm³/mol. The van der Waals surface area contributed by atoms with Crippen LogP contribution in [0.5, 0.6) is 0 Å². The number of aromatic nitrogens is 1. The van der Waals surface area contributed by atoms with E-state index in [1.165, 1.54) is 5.56 Å². The van der Waals surface area contributed by atoms with Crippen molar-refractivity contribution in [2.24, 2.45) is 5.73 Å². The fourth-order valence-electron chi connectivity index (χ4n) is 3.36. The van der Waals surface area contributed by atoms with Crippen molar-refractivity contribution in [2.75, 3.05) is 0 Å². The van der Waals surface area contributed by atoms with Crippen LogP contribution in [-0.4, -0.2) is 23.0 Å². The minimum atomic E-state index is -0.419. The van der Waals surface area contributed by atoms with Crippen molar-refractivity contribution < 1.29 is 14.1 Å². The lowest BCUT2D eigenvalue weighted by Crippen LogP contribution is -2.39. The van der Waals surface area contributed by atoms with Gasteiger partial charge in [-0.15, -0.1) is 0 Å². The monoisotopic (exact) mass is 285 g/mol. The van der Waals surface area contributed by atoms with Gasteiger partial charge in [-0.3, -0.25) is 14.9 Å². The van der Waals surface area contributed by atoms with Crippen LogP contribution in [0.25, 0.3) is 11.0 Å². The first-order valence-corrected chi connectivity index (χ1v) is 7.13. The van der Waals surface area contributed by atoms with Crippen LogP contribution in [0.1, 0.15) is 35.6 Å². The molecule has 2 atom stereocenters. The Morgan fingerprint density at radius 1 is 1.29 bits per heavy atom. The van der Waals surface area contributed by atoms with Crippen LogP contribution in [-0.2, 0) is 22.4 Å². The lowest BCUT2D eigenvalue weighted by atomic mass is 9.92. The highest BCUT2D eigenvalue weighted by atomic mass is 16.5. The molecule has 0 saturated carbocycles. The highest BCUT2D eigenvalue weighted by molar-refractivity contribution is 6.02. The molecule has 1 aromatic heterocycles. The molecule has 2 heterocycles. The summed E-state index contributed by atoms with van der Waals surface area (Å²) >= 11 is 0. The van der Waals surface area contributed by atoms with Gasteiger partial charge in [-0.05, 0) is 30.9 Å². The topological polar surface area (TPSA) is 98.2 Å². The van der Waals surface area contributed by atoms with Crippen molar-refractivity contribution in [3.05, 3.63) is 29.0 Å². The number of carbonyl (C=O) groups is 2. The summed E-state index contributed by atoms with van der Waals surface area (Å²) in [4.78, 5) is 23.3. The van der Waals surface area contributed by atoms with Gasteiger partial charge in [-0.25, -0.2) is 0 Å². The number of imide groups is 1. The Labute approximate surface area is 120 Å². The second-order valence-electron chi connectivity index (χ2n) is 5.82. The van der Waals surface area contributed by atoms with Gasteiger partial charge in [0.2, 0.25) is 11.8 Å². The molecule has 21 heavy (non-hydrogen) atoms. The summed E-state index contributed by atoms with van der Waals surface area (Å²) in [5.41, 5.74) is 9.66. The van der Waals surface area contributed by atoms with E-state index in [1.54, 1.807) is 0 Å². The van der Waals surface area contributed by atoms with Crippen LogP contribution in [0.15, 0.2) is 16.7 Å². The summed E-state index contributed by atoms with van der Waals surface area (Å²) in [6, 6.07) is 4.11. The molecule has 1 aromatic carbocycles. The molecule has 2 aromatic rings. The SMILES string of the molecule is NC1Cc2ccc3c(C4CCC(=O)NC4=O)noc3c2C1. The predicted octanol–water partition coefficient (Wildman–Crippen LogP) is 0.774. The largest absolute Gasteiger partial charge is 0.356 e. The Morgan fingerprint density at radius 3 is 2.95 bits per heavy atom. The third-order valence-electron chi connectivity index (χ3n) is 4.39. The van der Waals surface area contributed by atoms with Crippen LogP contribution in [0, 0.1) is 0 Å². The zero-order chi connectivity index (χ0) is 14.6. The Kier molecular flexibility index (Phi) is 2.62. The molecule has 1 aliphatic carbocycles. The smallest absolute Gasteiger partial charge is 0.235 e. The standard InChI is InChI=1S/C15H15N3O3/c16-8-5-7-1-2-9-13(18-21-14(9)11(7)6-8)10-3-4-12(19)17-15(10)20/h1-2,8,10H,3-6,16H2,(H,17,19,20). The number of benzene rings is 1. The number of hydrogen-bond donors (Lipinski definition) is 2. The second kappa shape index (κ2) is 4.39. The van der Waals surface area contributed by atoms with E-state index in [9.17, 15) is 9.59 Å². The fourth-order valence-corrected chi connectivity index (χ4v) is 3.36. The summed E-state index contributed by atoms with van der Waals surface area (Å²) in [5, 5.41) is 7.33. The Hall–Kier alpha value is -2.21. The lowest BCUT2D eigenvalue weighted by Gasteiger charge is -2.18. The minimum Gasteiger partial charge on any atom is -0.356 e. The highest BCUT2D eigenvalue weighted by Gasteiger charge is 2.33. The summed E-state index contributed by atoms with van der Waals surface area (Å²) in [7, 11) is 0. The van der Waals surface area contributed by atoms with Crippen LogP contribution < -0.4 is 11.1 Å². The Balaban J connectivity index is 1.80. The van der Waals surface area contributed by atoms with Gasteiger partial charge in [-0.1, -0.05) is 11.2 Å². The molecule has 1 aliphatic heterocycles. The maximum absolute atomic E-state index is 12.0. The van der Waals surface area contributed by atoms with E-state index in [4.69, 9.17) is 10.3 Å². The molecule has 2 aliphatic rings. The van der Waals surface area contributed by atoms with Crippen molar-refractivity contribution in [1.82, 2.24) is 10.5 Å². The van der Waals surface area contributed by atoms with Crippen LogP contribution in [0.3, 0.4) is 0 Å². The van der Waals surface area contributed by atoms with E-state index < -0.39 is 5.92 Å². The van der Waals surface area contributed by atoms with Crippen LogP contribution in [0.4, 0.5) is 0 Å². The summed E-state index contributed by atoms with van der Waals surface area (Å²) in [5.74, 6) is -0.938. The van der Waals surface area contributed by atoms with Gasteiger partial charge in [-0.2, -0.15) is 0 Å². The third-order valence-corrected chi connectivity index (χ3v) is 4.39. The van der Waals surface area contributed by atoms with E-state index in [0.717, 1.165) is 29.4 Å². The molecule has 2 amide bonds. The first-order chi connectivity index (χ1) is 10.1. The van der Waals surface area contributed by atoms with Crippen LogP contribution in [0.2, 0.25) is 0 Å². The average Bonchev–Trinajstić information content (AvgIpc) is 3.01. The van der Waals surface area contributed by atoms with Crippen molar-refractivity contribution in [2.45, 2.75) is 37.6 Å². The molecule has 108 valence electrons. The molecule has 0 bridgehead atoms. The number of fused-ring (bicyclic) bond motifs is 3. The van der Waals surface area contributed by atoms with Gasteiger partial charge in [0.05, 0.1) is 5.92 Å². The van der Waals surface area contributed by atoms with Crippen molar-refractivity contribution in [3.8, 4) is 0 Å². The molecule has 4 rings (SSSR count). The summed E-state index contributed by atoms with van der Waals surface area (Å²) in [6.07, 6.45) is 2.43. The van der Waals surface area contributed by atoms with Gasteiger partial charge >= 0.3 is 0 Å². The zero-order valence-electron chi connectivity index (χ0n) is 11.4. The third kappa shape index (κ3) is 1.86. The van der Waals surface area contributed by atoms with E-state index in [2.05, 4.69) is 10.5 Å². The van der Waals surface area contributed by atoms with Crippen molar-refractivity contribution >= 4 is 22.8 Å². The second-order valence-corrected chi connectivity index (χ2v) is 5.82. The molecule has 2 unspecified atom stereocenters. The van der Waals surface area contributed by atoms with Gasteiger partial charge in [0.1, 0.15) is 5.69 Å². The number of piperidine rings is 1. The van der Waals surface area contributed by atoms with Crippen LogP contribution >= 0.6 is 0 Å². The first kappa shape index (κ1) is 12.5. The van der Waals surface area contributed by atoms with Gasteiger partial charge in [0.15, 0.2) is 5.58 Å². The molecular weight excluding hydrogens is 270 g/mol. The van der Waals surface area contributed by atoms with Crippen molar-refractivity contribution in [1.29, 1.82) is 0 Å². The molecule has 6 nitrogen and oxygen atoms in total. The zero-order valence-corrected chi connectivity index (χ0v) is 11.4. The number of hydrogen-bond acceptors (Lipinski definition) is 5. The molecular formula is C15H15N3O3. The normalized spacial score (nSPS) is 25.2. The Bertz CT molecular complexity index is 765. The molecule has 6 heteroatoms. The quantitative estimate of drug-likeness (QED) is 0.754. The number of nitrogens with one attached hydrogen (secondary N) is 1. The van der Waals surface area contributed by atoms with Gasteiger partial charge in [0, 0.05) is 23.4 Å². The number of amides is 2. The number of nitrogens with zero attached hydrogens (tertiary/aromatic N) is 1. The highest BCUT2D eigenvalue weighted by Crippen LogP contribution is 2.35. The first-order valence-electron chi connectivity index (χ1n) is 7.13. The van der Waals surface area contributed by atoms with Gasteiger partial charge < -0.3 is 10.3 Å². The minimum absolute atomic E-state index is 0.120. The molecule has 0 spiro atoms. The van der Waals surface area contributed by atoms with E-state index in [-0.39, 0.29) is 17.9 Å². The number of rotatable bonds is 1. The molecule has 0 radical (unpaired) electrons. The molecule has 1 saturated heterocycles. The summed E-state index contributed by atoms with van der Waals surface area (Å²) < 4.78 is 5.50. The van der Waals surface area contributed by atoms with E-state index in [1.807, 2.05) is 12.1 Å². The lowest BCUT2D eigenvalue weighted by molar-refractivity contribution is -0.134. The number of carbonyl (C=O) groups excluding carboxylic acids is 2. The maximum atomic E-state index is 12.0. The fraction of sp³-hybridized carbons (Fsp3) is 0.400. The summed E-state index contributed by atoms with van der Waals surface area (Å²) in [6.45, 7) is 0. The molecule has 3 N–H and O–H groups in total. The molecule has 1 fully saturated rings. The average molecular weight is 285 g/mol. The van der Waals surface area contributed by atoms with E-state index in [0.29, 0.717) is 18.5 Å². The van der Waals surface area contributed by atoms with Gasteiger partial charge in [0.25, 0.3) is 0 Å².